The largest absolute Gasteiger partial charge is 0.416 e. The number of rotatable bonds is 4. The van der Waals surface area contributed by atoms with Crippen molar-refractivity contribution >= 4 is 29.0 Å². The number of hydrogen-bond donors (Lipinski definition) is 2. The summed E-state index contributed by atoms with van der Waals surface area (Å²) in [6.07, 6.45) is -1.46. The highest BCUT2D eigenvalue weighted by molar-refractivity contribution is 6.30. The first-order valence-corrected chi connectivity index (χ1v) is 8.19. The van der Waals surface area contributed by atoms with Crippen LogP contribution in [0.2, 0.25) is 5.02 Å². The van der Waals surface area contributed by atoms with Crippen LogP contribution in [0, 0.1) is 0 Å². The van der Waals surface area contributed by atoms with Crippen LogP contribution >= 0.6 is 11.6 Å². The summed E-state index contributed by atoms with van der Waals surface area (Å²) < 4.78 is 39.8. The number of carbonyl (C=O) groups excluding carboxylic acids is 1. The Labute approximate surface area is 157 Å². The number of halogens is 4. The van der Waals surface area contributed by atoms with Gasteiger partial charge < -0.3 is 10.6 Å². The number of amides is 2. The molecule has 0 aliphatic rings. The Morgan fingerprint density at radius 1 is 1.07 bits per heavy atom. The number of benzene rings is 2. The molecule has 9 heteroatoms. The second-order valence-corrected chi connectivity index (χ2v) is 6.15. The molecule has 2 amide bonds. The van der Waals surface area contributed by atoms with Gasteiger partial charge in [0.15, 0.2) is 0 Å². The van der Waals surface area contributed by atoms with Gasteiger partial charge in [0.05, 0.1) is 24.0 Å². The SMILES string of the molecule is O=C(Nc1ccc(Cl)cc1)Nc1cnn(Cc2cccc(C(F)(F)F)c2)c1. The van der Waals surface area contributed by atoms with E-state index < -0.39 is 17.8 Å². The fraction of sp³-hybridized carbons (Fsp3) is 0.111. The van der Waals surface area contributed by atoms with Gasteiger partial charge in [0, 0.05) is 16.9 Å². The minimum absolute atomic E-state index is 0.143. The smallest absolute Gasteiger partial charge is 0.308 e. The average Bonchev–Trinajstić information content (AvgIpc) is 3.03. The predicted molar refractivity (Wildman–Crippen MR) is 96.9 cm³/mol. The number of alkyl halides is 3. The molecule has 1 aromatic heterocycles. The van der Waals surface area contributed by atoms with E-state index >= 15 is 0 Å². The third kappa shape index (κ3) is 5.24. The molecule has 0 aliphatic heterocycles. The monoisotopic (exact) mass is 394 g/mol. The van der Waals surface area contributed by atoms with Crippen molar-refractivity contribution in [2.45, 2.75) is 12.7 Å². The zero-order valence-electron chi connectivity index (χ0n) is 13.8. The minimum atomic E-state index is -4.40. The molecule has 1 heterocycles. The third-order valence-corrected chi connectivity index (χ3v) is 3.84. The van der Waals surface area contributed by atoms with Crippen molar-refractivity contribution in [3.8, 4) is 0 Å². The van der Waals surface area contributed by atoms with Crippen molar-refractivity contribution in [2.75, 3.05) is 10.6 Å². The topological polar surface area (TPSA) is 59.0 Å². The van der Waals surface area contributed by atoms with Crippen LogP contribution in [0.25, 0.3) is 0 Å². The quantitative estimate of drug-likeness (QED) is 0.635. The van der Waals surface area contributed by atoms with Gasteiger partial charge >= 0.3 is 12.2 Å². The van der Waals surface area contributed by atoms with E-state index in [9.17, 15) is 18.0 Å². The molecule has 27 heavy (non-hydrogen) atoms. The van der Waals surface area contributed by atoms with Gasteiger partial charge in [0.25, 0.3) is 0 Å². The minimum Gasteiger partial charge on any atom is -0.308 e. The third-order valence-electron chi connectivity index (χ3n) is 3.59. The molecule has 0 atom stereocenters. The molecule has 0 unspecified atom stereocenters. The molecule has 140 valence electrons. The van der Waals surface area contributed by atoms with Crippen LogP contribution in [0.15, 0.2) is 60.9 Å². The van der Waals surface area contributed by atoms with Crippen molar-refractivity contribution in [2.24, 2.45) is 0 Å². The summed E-state index contributed by atoms with van der Waals surface area (Å²) in [4.78, 5) is 12.0. The van der Waals surface area contributed by atoms with Crippen LogP contribution in [0.3, 0.4) is 0 Å². The van der Waals surface area contributed by atoms with Gasteiger partial charge in [-0.15, -0.1) is 0 Å². The second kappa shape index (κ2) is 7.71. The number of nitrogens with zero attached hydrogens (tertiary/aromatic N) is 2. The van der Waals surface area contributed by atoms with E-state index in [1.807, 2.05) is 0 Å². The maximum Gasteiger partial charge on any atom is 0.416 e. The average molecular weight is 395 g/mol. The molecular formula is C18H14ClF3N4O. The molecule has 5 nitrogen and oxygen atoms in total. The summed E-state index contributed by atoms with van der Waals surface area (Å²) in [6.45, 7) is 0.143. The van der Waals surface area contributed by atoms with Gasteiger partial charge in [-0.3, -0.25) is 4.68 Å². The van der Waals surface area contributed by atoms with E-state index in [0.29, 0.717) is 22.0 Å². The molecule has 3 aromatic rings. The molecule has 2 N–H and O–H groups in total. The van der Waals surface area contributed by atoms with Crippen LogP contribution < -0.4 is 10.6 Å². The normalized spacial score (nSPS) is 11.3. The molecule has 0 saturated heterocycles. The fourth-order valence-electron chi connectivity index (χ4n) is 2.37. The molecule has 0 saturated carbocycles. The molecule has 2 aromatic carbocycles. The zero-order valence-corrected chi connectivity index (χ0v) is 14.6. The van der Waals surface area contributed by atoms with Crippen molar-refractivity contribution in [3.63, 3.8) is 0 Å². The first kappa shape index (κ1) is 18.8. The Hall–Kier alpha value is -3.00. The Morgan fingerprint density at radius 3 is 2.48 bits per heavy atom. The van der Waals surface area contributed by atoms with Crippen LogP contribution in [0.1, 0.15) is 11.1 Å². The molecule has 0 spiro atoms. The van der Waals surface area contributed by atoms with E-state index in [-0.39, 0.29) is 6.54 Å². The Morgan fingerprint density at radius 2 is 1.78 bits per heavy atom. The van der Waals surface area contributed by atoms with Gasteiger partial charge in [-0.2, -0.15) is 18.3 Å². The summed E-state index contributed by atoms with van der Waals surface area (Å²) >= 11 is 5.78. The summed E-state index contributed by atoms with van der Waals surface area (Å²) in [6, 6.07) is 11.1. The highest BCUT2D eigenvalue weighted by Crippen LogP contribution is 2.29. The van der Waals surface area contributed by atoms with Crippen LogP contribution in [-0.2, 0) is 12.7 Å². The maximum atomic E-state index is 12.8. The lowest BCUT2D eigenvalue weighted by molar-refractivity contribution is -0.137. The second-order valence-electron chi connectivity index (χ2n) is 5.71. The fourth-order valence-corrected chi connectivity index (χ4v) is 2.50. The molecule has 0 bridgehead atoms. The zero-order chi connectivity index (χ0) is 19.4. The lowest BCUT2D eigenvalue weighted by Gasteiger charge is -2.08. The summed E-state index contributed by atoms with van der Waals surface area (Å²) in [5.74, 6) is 0. The summed E-state index contributed by atoms with van der Waals surface area (Å²) in [7, 11) is 0. The van der Waals surface area contributed by atoms with Gasteiger partial charge in [0.1, 0.15) is 0 Å². The van der Waals surface area contributed by atoms with Gasteiger partial charge in [-0.25, -0.2) is 4.79 Å². The van der Waals surface area contributed by atoms with E-state index in [2.05, 4.69) is 15.7 Å². The Bertz CT molecular complexity index is 938. The molecule has 0 radical (unpaired) electrons. The van der Waals surface area contributed by atoms with Crippen LogP contribution in [0.4, 0.5) is 29.3 Å². The number of hydrogen-bond acceptors (Lipinski definition) is 2. The summed E-state index contributed by atoms with van der Waals surface area (Å²) in [5, 5.41) is 9.83. The maximum absolute atomic E-state index is 12.8. The van der Waals surface area contributed by atoms with Crippen molar-refractivity contribution in [1.82, 2.24) is 9.78 Å². The van der Waals surface area contributed by atoms with Gasteiger partial charge in [-0.1, -0.05) is 23.7 Å². The van der Waals surface area contributed by atoms with Crippen molar-refractivity contribution in [3.05, 3.63) is 77.1 Å². The number of urea groups is 1. The van der Waals surface area contributed by atoms with E-state index in [1.54, 1.807) is 30.3 Å². The van der Waals surface area contributed by atoms with E-state index in [0.717, 1.165) is 12.1 Å². The molecule has 0 fully saturated rings. The number of aromatic nitrogens is 2. The number of carbonyl (C=O) groups is 1. The molecule has 3 rings (SSSR count). The standard InChI is InChI=1S/C18H14ClF3N4O/c19-14-4-6-15(7-5-14)24-17(27)25-16-9-23-26(11-16)10-12-2-1-3-13(8-12)18(20,21)22/h1-9,11H,10H2,(H2,24,25,27). The lowest BCUT2D eigenvalue weighted by atomic mass is 10.1. The van der Waals surface area contributed by atoms with Crippen LogP contribution in [-0.4, -0.2) is 15.8 Å². The van der Waals surface area contributed by atoms with Gasteiger partial charge in [0.2, 0.25) is 0 Å². The predicted octanol–water partition coefficient (Wildman–Crippen LogP) is 5.25. The van der Waals surface area contributed by atoms with Crippen molar-refractivity contribution < 1.29 is 18.0 Å². The number of nitrogens with one attached hydrogen (secondary N) is 2. The Balaban J connectivity index is 1.61. The highest BCUT2D eigenvalue weighted by Gasteiger charge is 2.30. The molecule has 0 aliphatic carbocycles. The molecular weight excluding hydrogens is 381 g/mol. The van der Waals surface area contributed by atoms with Crippen molar-refractivity contribution in [1.29, 1.82) is 0 Å². The van der Waals surface area contributed by atoms with Gasteiger partial charge in [-0.05, 0) is 42.0 Å². The first-order valence-electron chi connectivity index (χ1n) is 7.82. The number of anilines is 2. The van der Waals surface area contributed by atoms with E-state index in [4.69, 9.17) is 11.6 Å². The lowest BCUT2D eigenvalue weighted by Crippen LogP contribution is -2.19. The Kier molecular flexibility index (Phi) is 5.36. The van der Waals surface area contributed by atoms with Crippen LogP contribution in [0.5, 0.6) is 0 Å². The van der Waals surface area contributed by atoms with E-state index in [1.165, 1.54) is 23.1 Å². The summed E-state index contributed by atoms with van der Waals surface area (Å²) in [5.41, 5.74) is 0.708. The highest BCUT2D eigenvalue weighted by atomic mass is 35.5. The first-order chi connectivity index (χ1) is 12.8.